The molecule has 0 bridgehead atoms. The lowest BCUT2D eigenvalue weighted by molar-refractivity contribution is -0.170. The number of benzene rings is 1. The van der Waals surface area contributed by atoms with Crippen molar-refractivity contribution in [1.29, 1.82) is 0 Å². The van der Waals surface area contributed by atoms with E-state index in [4.69, 9.17) is 0 Å². The molecule has 3 nitrogen and oxygen atoms in total. The number of likely N-dealkylation sites (tertiary alicyclic amines) is 1. The molecule has 148 valence electrons. The Balaban J connectivity index is 1.76. The zero-order valence-electron chi connectivity index (χ0n) is 13.9. The van der Waals surface area contributed by atoms with Gasteiger partial charge in [-0.1, -0.05) is 12.1 Å². The molecule has 1 N–H and O–H groups in total. The van der Waals surface area contributed by atoms with Crippen molar-refractivity contribution in [3.8, 4) is 10.6 Å². The Hall–Kier alpha value is -1.65. The average Bonchev–Trinajstić information content (AvgIpc) is 3.21. The Morgan fingerprint density at radius 2 is 1.78 bits per heavy atom. The van der Waals surface area contributed by atoms with Gasteiger partial charge in [-0.15, -0.1) is 11.3 Å². The largest absolute Gasteiger partial charge is 0.416 e. The van der Waals surface area contributed by atoms with Crippen LogP contribution in [0.15, 0.2) is 24.3 Å². The van der Waals surface area contributed by atoms with E-state index in [2.05, 4.69) is 4.98 Å². The first kappa shape index (κ1) is 20.1. The number of alkyl halides is 6. The van der Waals surface area contributed by atoms with E-state index in [0.717, 1.165) is 23.5 Å². The molecule has 1 fully saturated rings. The quantitative estimate of drug-likeness (QED) is 0.742. The Morgan fingerprint density at radius 3 is 2.30 bits per heavy atom. The lowest BCUT2D eigenvalue weighted by Crippen LogP contribution is -2.27. The topological polar surface area (TPSA) is 36.4 Å². The maximum Gasteiger partial charge on any atom is 0.416 e. The minimum atomic E-state index is -4.44. The summed E-state index contributed by atoms with van der Waals surface area (Å²) in [4.78, 5) is 6.48. The third-order valence-corrected chi connectivity index (χ3v) is 5.62. The summed E-state index contributed by atoms with van der Waals surface area (Å²) in [5, 5.41) is 9.93. The van der Waals surface area contributed by atoms with E-state index in [1.54, 1.807) is 4.90 Å². The molecule has 2 aromatic rings. The highest BCUT2D eigenvalue weighted by Crippen LogP contribution is 2.36. The molecule has 1 unspecified atom stereocenters. The van der Waals surface area contributed by atoms with Gasteiger partial charge in [-0.05, 0) is 25.1 Å². The molecule has 1 saturated heterocycles. The van der Waals surface area contributed by atoms with Crippen LogP contribution in [-0.4, -0.2) is 34.3 Å². The number of aliphatic hydroxyl groups is 1. The predicted molar refractivity (Wildman–Crippen MR) is 87.9 cm³/mol. The molecule has 3 rings (SSSR count). The predicted octanol–water partition coefficient (Wildman–Crippen LogP) is 4.71. The number of halogens is 6. The molecule has 0 aliphatic carbocycles. The average molecular weight is 410 g/mol. The van der Waals surface area contributed by atoms with Crippen molar-refractivity contribution in [2.75, 3.05) is 13.1 Å². The summed E-state index contributed by atoms with van der Waals surface area (Å²) in [7, 11) is 0. The first-order chi connectivity index (χ1) is 12.6. The van der Waals surface area contributed by atoms with Crippen molar-refractivity contribution >= 4 is 11.3 Å². The smallest absolute Gasteiger partial charge is 0.391 e. The van der Waals surface area contributed by atoms with Crippen molar-refractivity contribution in [1.82, 2.24) is 9.88 Å². The van der Waals surface area contributed by atoms with Gasteiger partial charge in [0.15, 0.2) is 0 Å². The molecule has 0 amide bonds. The summed E-state index contributed by atoms with van der Waals surface area (Å²) in [5.74, 6) is -1.37. The molecule has 2 heterocycles. The summed E-state index contributed by atoms with van der Waals surface area (Å²) in [6.45, 7) is -0.00647. The van der Waals surface area contributed by atoms with Gasteiger partial charge in [0.2, 0.25) is 0 Å². The second kappa shape index (κ2) is 7.40. The van der Waals surface area contributed by atoms with Crippen LogP contribution >= 0.6 is 11.3 Å². The van der Waals surface area contributed by atoms with Gasteiger partial charge in [0.1, 0.15) is 5.01 Å². The second-order valence-electron chi connectivity index (χ2n) is 6.38. The molecule has 1 aliphatic heterocycles. The first-order valence-electron chi connectivity index (χ1n) is 8.14. The van der Waals surface area contributed by atoms with Crippen LogP contribution in [0.25, 0.3) is 10.6 Å². The number of aromatic nitrogens is 1. The first-order valence-corrected chi connectivity index (χ1v) is 8.95. The zero-order chi connectivity index (χ0) is 19.8. The van der Waals surface area contributed by atoms with Crippen molar-refractivity contribution in [3.63, 3.8) is 0 Å². The summed E-state index contributed by atoms with van der Waals surface area (Å²) in [6, 6.07) is 4.48. The molecule has 1 aliphatic rings. The van der Waals surface area contributed by atoms with E-state index in [0.29, 0.717) is 21.1 Å². The van der Waals surface area contributed by atoms with E-state index >= 15 is 0 Å². The molecule has 27 heavy (non-hydrogen) atoms. The highest BCUT2D eigenvalue weighted by molar-refractivity contribution is 7.15. The number of nitrogens with zero attached hydrogens (tertiary/aromatic N) is 2. The van der Waals surface area contributed by atoms with Gasteiger partial charge in [-0.25, -0.2) is 4.98 Å². The third kappa shape index (κ3) is 4.61. The van der Waals surface area contributed by atoms with Crippen LogP contribution in [0.3, 0.4) is 0 Å². The SMILES string of the molecule is OCc1sc(-c2ccc(C(F)(F)F)cc2)nc1CN1CCC(C(F)(F)F)C1. The van der Waals surface area contributed by atoms with Crippen LogP contribution in [0.4, 0.5) is 26.3 Å². The van der Waals surface area contributed by atoms with E-state index in [1.807, 2.05) is 0 Å². The van der Waals surface area contributed by atoms with Gasteiger partial charge in [0, 0.05) is 18.7 Å². The standard InChI is InChI=1S/C17H16F6N2OS/c18-16(19,20)11-3-1-10(2-4-11)15-24-13(14(9-26)27-15)8-25-6-5-12(7-25)17(21,22)23/h1-4,12,26H,5-9H2. The number of aliphatic hydroxyl groups excluding tert-OH is 1. The van der Waals surface area contributed by atoms with Crippen LogP contribution in [0.5, 0.6) is 0 Å². The molecule has 0 saturated carbocycles. The molecule has 0 radical (unpaired) electrons. The molecular weight excluding hydrogens is 394 g/mol. The van der Waals surface area contributed by atoms with Crippen LogP contribution in [0.2, 0.25) is 0 Å². The summed E-state index contributed by atoms with van der Waals surface area (Å²) in [5.41, 5.74) is 0.143. The third-order valence-electron chi connectivity index (χ3n) is 4.49. The van der Waals surface area contributed by atoms with Gasteiger partial charge in [-0.2, -0.15) is 26.3 Å². The zero-order valence-corrected chi connectivity index (χ0v) is 14.8. The normalized spacial score (nSPS) is 19.0. The van der Waals surface area contributed by atoms with E-state index < -0.39 is 23.8 Å². The highest BCUT2D eigenvalue weighted by Gasteiger charge is 2.43. The van der Waals surface area contributed by atoms with Crippen molar-refractivity contribution in [2.45, 2.75) is 31.9 Å². The summed E-state index contributed by atoms with van der Waals surface area (Å²) >= 11 is 1.12. The number of hydrogen-bond donors (Lipinski definition) is 1. The van der Waals surface area contributed by atoms with Crippen molar-refractivity contribution in [2.24, 2.45) is 5.92 Å². The van der Waals surface area contributed by atoms with E-state index in [-0.39, 0.29) is 32.7 Å². The fourth-order valence-electron chi connectivity index (χ4n) is 3.01. The Bertz CT molecular complexity index is 784. The summed E-state index contributed by atoms with van der Waals surface area (Å²) in [6.07, 6.45) is -8.65. The van der Waals surface area contributed by atoms with Crippen molar-refractivity contribution in [3.05, 3.63) is 40.4 Å². The number of rotatable bonds is 4. The number of thiazole rings is 1. The summed E-state index contributed by atoms with van der Waals surface area (Å²) < 4.78 is 76.4. The van der Waals surface area contributed by atoms with Crippen LogP contribution in [0, 0.1) is 5.92 Å². The van der Waals surface area contributed by atoms with Gasteiger partial charge < -0.3 is 5.11 Å². The minimum Gasteiger partial charge on any atom is -0.391 e. The lowest BCUT2D eigenvalue weighted by Gasteiger charge is -2.17. The van der Waals surface area contributed by atoms with Crippen molar-refractivity contribution < 1.29 is 31.4 Å². The van der Waals surface area contributed by atoms with Gasteiger partial charge >= 0.3 is 12.4 Å². The second-order valence-corrected chi connectivity index (χ2v) is 7.47. The van der Waals surface area contributed by atoms with Gasteiger partial charge in [0.05, 0.1) is 28.7 Å². The maximum absolute atomic E-state index is 12.8. The fraction of sp³-hybridized carbons (Fsp3) is 0.471. The molecular formula is C17H16F6N2OS. The Labute approximate surface area is 155 Å². The minimum absolute atomic E-state index is 0.0217. The lowest BCUT2D eigenvalue weighted by atomic mass is 10.1. The van der Waals surface area contributed by atoms with Crippen LogP contribution < -0.4 is 0 Å². The Kier molecular flexibility index (Phi) is 5.51. The maximum atomic E-state index is 12.8. The molecule has 1 aromatic carbocycles. The molecule has 1 atom stereocenters. The molecule has 10 heteroatoms. The van der Waals surface area contributed by atoms with Crippen LogP contribution in [0.1, 0.15) is 22.6 Å². The van der Waals surface area contributed by atoms with Crippen LogP contribution in [-0.2, 0) is 19.3 Å². The van der Waals surface area contributed by atoms with Gasteiger partial charge in [0.25, 0.3) is 0 Å². The highest BCUT2D eigenvalue weighted by atomic mass is 32.1. The van der Waals surface area contributed by atoms with E-state index in [1.165, 1.54) is 12.1 Å². The molecule has 1 aromatic heterocycles. The fourth-order valence-corrected chi connectivity index (χ4v) is 3.95. The van der Waals surface area contributed by atoms with E-state index in [9.17, 15) is 31.4 Å². The molecule has 0 spiro atoms. The Morgan fingerprint density at radius 1 is 1.11 bits per heavy atom. The van der Waals surface area contributed by atoms with Gasteiger partial charge in [-0.3, -0.25) is 4.90 Å². The number of hydrogen-bond acceptors (Lipinski definition) is 4. The monoisotopic (exact) mass is 410 g/mol.